The topological polar surface area (TPSA) is 92.7 Å². The van der Waals surface area contributed by atoms with Crippen molar-refractivity contribution in [3.05, 3.63) is 82.8 Å². The summed E-state index contributed by atoms with van der Waals surface area (Å²) in [7, 11) is -3.58. The summed E-state index contributed by atoms with van der Waals surface area (Å²) in [6.45, 7) is -0.410. The molecule has 1 atom stereocenters. The van der Waals surface area contributed by atoms with Gasteiger partial charge in [-0.05, 0) is 53.5 Å². The van der Waals surface area contributed by atoms with Gasteiger partial charge in [-0.1, -0.05) is 54.6 Å². The second kappa shape index (κ2) is 8.91. The van der Waals surface area contributed by atoms with Crippen molar-refractivity contribution in [3.8, 4) is 5.75 Å². The standard InChI is InChI=1S/C24H23NO5S/c26-24(27)16-30-23-8-4-7-20-21(23)12-10-18-9-11-19(15-22(18)20)25-31(28,29)14-13-17-5-2-1-3-6-17/h1-8,10,12-14,19,25H,9,11,15-16H2,(H,26,27)/b14-13+. The SMILES string of the molecule is O=C(O)COc1cccc2c3c(ccc12)CCC(NS(=O)(=O)/C=C/c1ccccc1)C3. The molecule has 0 saturated heterocycles. The monoisotopic (exact) mass is 437 g/mol. The van der Waals surface area contributed by atoms with Crippen LogP contribution in [0.4, 0.5) is 0 Å². The van der Waals surface area contributed by atoms with Gasteiger partial charge in [0.2, 0.25) is 10.0 Å². The van der Waals surface area contributed by atoms with E-state index in [-0.39, 0.29) is 6.04 Å². The van der Waals surface area contributed by atoms with E-state index in [4.69, 9.17) is 9.84 Å². The van der Waals surface area contributed by atoms with Crippen LogP contribution in [0.1, 0.15) is 23.1 Å². The zero-order valence-corrected chi connectivity index (χ0v) is 17.6. The second-order valence-electron chi connectivity index (χ2n) is 7.55. The van der Waals surface area contributed by atoms with Crippen molar-refractivity contribution >= 4 is 32.8 Å². The highest BCUT2D eigenvalue weighted by atomic mass is 32.2. The van der Waals surface area contributed by atoms with Crippen LogP contribution in [0.15, 0.2) is 66.1 Å². The second-order valence-corrected chi connectivity index (χ2v) is 9.15. The molecule has 6 nitrogen and oxygen atoms in total. The number of carboxylic acids is 1. The van der Waals surface area contributed by atoms with Crippen molar-refractivity contribution < 1.29 is 23.1 Å². The molecule has 0 aliphatic heterocycles. The minimum absolute atomic E-state index is 0.216. The molecule has 0 amide bonds. The summed E-state index contributed by atoms with van der Waals surface area (Å²) in [5.41, 5.74) is 3.07. The average Bonchev–Trinajstić information content (AvgIpc) is 2.76. The fraction of sp³-hybridized carbons (Fsp3) is 0.208. The highest BCUT2D eigenvalue weighted by molar-refractivity contribution is 7.92. The molecular formula is C24H23NO5S. The van der Waals surface area contributed by atoms with Crippen LogP contribution < -0.4 is 9.46 Å². The van der Waals surface area contributed by atoms with E-state index < -0.39 is 22.6 Å². The molecule has 1 aliphatic carbocycles. The third-order valence-corrected chi connectivity index (χ3v) is 6.52. The Kier molecular flexibility index (Phi) is 6.06. The summed E-state index contributed by atoms with van der Waals surface area (Å²) < 4.78 is 33.4. The Bertz CT molecular complexity index is 1240. The Hall–Kier alpha value is -3.16. The first-order valence-corrected chi connectivity index (χ1v) is 11.6. The summed E-state index contributed by atoms with van der Waals surface area (Å²) in [4.78, 5) is 10.9. The van der Waals surface area contributed by atoms with Crippen molar-refractivity contribution in [2.75, 3.05) is 6.61 Å². The summed E-state index contributed by atoms with van der Waals surface area (Å²) in [5, 5.41) is 11.9. The lowest BCUT2D eigenvalue weighted by Crippen LogP contribution is -2.37. The van der Waals surface area contributed by atoms with Crippen molar-refractivity contribution in [1.82, 2.24) is 4.72 Å². The van der Waals surface area contributed by atoms with Gasteiger partial charge in [-0.3, -0.25) is 0 Å². The van der Waals surface area contributed by atoms with Crippen LogP contribution in [-0.4, -0.2) is 32.1 Å². The van der Waals surface area contributed by atoms with Gasteiger partial charge in [0.1, 0.15) is 5.75 Å². The molecule has 7 heteroatoms. The molecule has 0 fully saturated rings. The number of ether oxygens (including phenoxy) is 1. The van der Waals surface area contributed by atoms with Crippen molar-refractivity contribution in [2.45, 2.75) is 25.3 Å². The minimum Gasteiger partial charge on any atom is -0.481 e. The highest BCUT2D eigenvalue weighted by Crippen LogP contribution is 2.34. The van der Waals surface area contributed by atoms with Crippen molar-refractivity contribution in [3.63, 3.8) is 0 Å². The number of nitrogens with one attached hydrogen (secondary N) is 1. The summed E-state index contributed by atoms with van der Waals surface area (Å²) >= 11 is 0. The summed E-state index contributed by atoms with van der Waals surface area (Å²) in [5.74, 6) is -0.524. The van der Waals surface area contributed by atoms with Crippen LogP contribution >= 0.6 is 0 Å². The molecule has 0 radical (unpaired) electrons. The van der Waals surface area contributed by atoms with Gasteiger partial charge in [0.05, 0.1) is 0 Å². The molecule has 1 unspecified atom stereocenters. The Morgan fingerprint density at radius 3 is 2.65 bits per heavy atom. The molecule has 4 rings (SSSR count). The lowest BCUT2D eigenvalue weighted by molar-refractivity contribution is -0.139. The van der Waals surface area contributed by atoms with E-state index in [2.05, 4.69) is 4.72 Å². The zero-order chi connectivity index (χ0) is 21.8. The molecule has 2 N–H and O–H groups in total. The fourth-order valence-corrected chi connectivity index (χ4v) is 5.04. The maximum atomic E-state index is 12.6. The number of carboxylic acid groups (broad SMARTS) is 1. The number of hydrogen-bond acceptors (Lipinski definition) is 4. The minimum atomic E-state index is -3.58. The molecular weight excluding hydrogens is 414 g/mol. The number of hydrogen-bond donors (Lipinski definition) is 2. The van der Waals surface area contributed by atoms with E-state index >= 15 is 0 Å². The molecule has 0 spiro atoms. The Morgan fingerprint density at radius 1 is 1.06 bits per heavy atom. The quantitative estimate of drug-likeness (QED) is 0.587. The van der Waals surface area contributed by atoms with Gasteiger partial charge < -0.3 is 9.84 Å². The number of sulfonamides is 1. The van der Waals surface area contributed by atoms with Crippen LogP contribution in [-0.2, 0) is 27.7 Å². The van der Waals surface area contributed by atoms with Crippen LogP contribution in [0.3, 0.4) is 0 Å². The molecule has 0 bridgehead atoms. The highest BCUT2D eigenvalue weighted by Gasteiger charge is 2.24. The van der Waals surface area contributed by atoms with Crippen LogP contribution in [0.5, 0.6) is 5.75 Å². The molecule has 160 valence electrons. The van der Waals surface area contributed by atoms with Gasteiger partial charge in [-0.25, -0.2) is 17.9 Å². The first-order chi connectivity index (χ1) is 14.9. The predicted molar refractivity (Wildman–Crippen MR) is 120 cm³/mol. The van der Waals surface area contributed by atoms with Crippen LogP contribution in [0, 0.1) is 0 Å². The fourth-order valence-electron chi connectivity index (χ4n) is 3.96. The van der Waals surface area contributed by atoms with Gasteiger partial charge in [-0.2, -0.15) is 0 Å². The predicted octanol–water partition coefficient (Wildman–Crippen LogP) is 3.75. The van der Waals surface area contributed by atoms with E-state index in [1.165, 1.54) is 11.0 Å². The summed E-state index contributed by atoms with van der Waals surface area (Å²) in [6.07, 6.45) is 3.63. The lowest BCUT2D eigenvalue weighted by atomic mass is 9.85. The molecule has 31 heavy (non-hydrogen) atoms. The number of aryl methyl sites for hydroxylation is 1. The van der Waals surface area contributed by atoms with E-state index in [0.717, 1.165) is 28.3 Å². The van der Waals surface area contributed by atoms with E-state index in [9.17, 15) is 13.2 Å². The number of benzene rings is 3. The van der Waals surface area contributed by atoms with Crippen LogP contribution in [0.2, 0.25) is 0 Å². The Balaban J connectivity index is 1.55. The molecule has 3 aromatic carbocycles. The maximum absolute atomic E-state index is 12.6. The first-order valence-electron chi connectivity index (χ1n) is 10.0. The van der Waals surface area contributed by atoms with E-state index in [1.54, 1.807) is 12.1 Å². The van der Waals surface area contributed by atoms with Gasteiger partial charge in [-0.15, -0.1) is 0 Å². The third kappa shape index (κ3) is 5.13. The number of fused-ring (bicyclic) bond motifs is 3. The van der Waals surface area contributed by atoms with Crippen molar-refractivity contribution in [1.29, 1.82) is 0 Å². The summed E-state index contributed by atoms with van der Waals surface area (Å²) in [6, 6.07) is 18.6. The van der Waals surface area contributed by atoms with Gasteiger partial charge in [0.25, 0.3) is 0 Å². The van der Waals surface area contributed by atoms with Gasteiger partial charge >= 0.3 is 5.97 Å². The Labute approximate surface area is 181 Å². The smallest absolute Gasteiger partial charge is 0.341 e. The normalized spacial score (nSPS) is 16.3. The third-order valence-electron chi connectivity index (χ3n) is 5.36. The van der Waals surface area contributed by atoms with Crippen LogP contribution in [0.25, 0.3) is 16.8 Å². The molecule has 1 aliphatic rings. The average molecular weight is 438 g/mol. The van der Waals surface area contributed by atoms with Gasteiger partial charge in [0, 0.05) is 16.8 Å². The largest absolute Gasteiger partial charge is 0.481 e. The first kappa shape index (κ1) is 21.1. The lowest BCUT2D eigenvalue weighted by Gasteiger charge is -2.26. The molecule has 0 saturated carbocycles. The number of rotatable bonds is 7. The molecule has 3 aromatic rings. The number of aliphatic carboxylic acids is 1. The van der Waals surface area contributed by atoms with Gasteiger partial charge in [0.15, 0.2) is 6.61 Å². The van der Waals surface area contributed by atoms with Crippen molar-refractivity contribution in [2.24, 2.45) is 0 Å². The Morgan fingerprint density at radius 2 is 1.87 bits per heavy atom. The molecule has 0 heterocycles. The zero-order valence-electron chi connectivity index (χ0n) is 16.8. The van der Waals surface area contributed by atoms with E-state index in [0.29, 0.717) is 18.6 Å². The number of carbonyl (C=O) groups is 1. The van der Waals surface area contributed by atoms with E-state index in [1.807, 2.05) is 54.6 Å². The maximum Gasteiger partial charge on any atom is 0.341 e. The molecule has 0 aromatic heterocycles.